The van der Waals surface area contributed by atoms with E-state index in [1.165, 1.54) is 41.3 Å². The molecule has 0 saturated carbocycles. The number of aromatic nitrogens is 2. The van der Waals surface area contributed by atoms with Crippen LogP contribution in [0.5, 0.6) is 0 Å². The molecule has 8 heteroatoms. The van der Waals surface area contributed by atoms with Gasteiger partial charge in [0.15, 0.2) is 5.96 Å². The van der Waals surface area contributed by atoms with Crippen molar-refractivity contribution in [1.82, 2.24) is 20.6 Å². The fourth-order valence-corrected chi connectivity index (χ4v) is 4.15. The molecule has 0 bridgehead atoms. The maximum atomic E-state index is 5.57. The average molecular weight is 489 g/mol. The number of fused-ring (bicyclic) bond motifs is 1. The van der Waals surface area contributed by atoms with Crippen LogP contribution in [0.3, 0.4) is 0 Å². The van der Waals surface area contributed by atoms with Gasteiger partial charge in [0.2, 0.25) is 5.89 Å². The molecule has 0 fully saturated rings. The van der Waals surface area contributed by atoms with Gasteiger partial charge in [0, 0.05) is 24.9 Å². The molecule has 0 saturated heterocycles. The average Bonchev–Trinajstić information content (AvgIpc) is 3.17. The minimum Gasteiger partial charge on any atom is -0.444 e. The molecule has 0 amide bonds. The summed E-state index contributed by atoms with van der Waals surface area (Å²) in [6, 6.07) is 0. The van der Waals surface area contributed by atoms with E-state index in [0.717, 1.165) is 36.8 Å². The zero-order valence-electron chi connectivity index (χ0n) is 15.7. The number of hydrogen-bond acceptors (Lipinski definition) is 5. The van der Waals surface area contributed by atoms with Crippen LogP contribution in [0.2, 0.25) is 0 Å². The summed E-state index contributed by atoms with van der Waals surface area (Å²) in [6.45, 7) is 5.28. The zero-order chi connectivity index (χ0) is 17.6. The number of guanidine groups is 1. The van der Waals surface area contributed by atoms with Crippen LogP contribution in [0.25, 0.3) is 0 Å². The molecule has 26 heavy (non-hydrogen) atoms. The molecule has 2 aromatic heterocycles. The Morgan fingerprint density at radius 2 is 2.00 bits per heavy atom. The van der Waals surface area contributed by atoms with E-state index in [4.69, 9.17) is 9.40 Å². The van der Waals surface area contributed by atoms with Crippen LogP contribution in [0.4, 0.5) is 0 Å². The molecule has 2 aromatic rings. The largest absolute Gasteiger partial charge is 0.444 e. The molecule has 6 nitrogen and oxygen atoms in total. The molecular formula is C18H28IN5OS. The highest BCUT2D eigenvalue weighted by Gasteiger charge is 2.14. The first kappa shape index (κ1) is 21.1. The zero-order valence-corrected chi connectivity index (χ0v) is 18.9. The summed E-state index contributed by atoms with van der Waals surface area (Å²) in [7, 11) is 1.77. The SMILES string of the molecule is CN=C(NCCCc1nc2c(s1)CCCC2)NCc1nc(C)c(C)o1.I. The predicted molar refractivity (Wildman–Crippen MR) is 117 cm³/mol. The Hall–Kier alpha value is -1.16. The van der Waals surface area contributed by atoms with Gasteiger partial charge in [0.1, 0.15) is 5.76 Å². The predicted octanol–water partition coefficient (Wildman–Crippen LogP) is 3.54. The number of hydrogen-bond donors (Lipinski definition) is 2. The lowest BCUT2D eigenvalue weighted by atomic mass is 10.0. The Labute approximate surface area is 176 Å². The van der Waals surface area contributed by atoms with Gasteiger partial charge in [-0.1, -0.05) is 0 Å². The molecule has 0 aromatic carbocycles. The molecule has 2 heterocycles. The number of oxazole rings is 1. The van der Waals surface area contributed by atoms with Gasteiger partial charge >= 0.3 is 0 Å². The lowest BCUT2D eigenvalue weighted by Gasteiger charge is -2.10. The van der Waals surface area contributed by atoms with Crippen molar-refractivity contribution >= 4 is 41.3 Å². The fourth-order valence-electron chi connectivity index (χ4n) is 2.95. The van der Waals surface area contributed by atoms with Crippen molar-refractivity contribution in [2.45, 2.75) is 58.9 Å². The molecule has 0 aliphatic heterocycles. The summed E-state index contributed by atoms with van der Waals surface area (Å²) in [5.41, 5.74) is 2.29. The number of halogens is 1. The van der Waals surface area contributed by atoms with Gasteiger partial charge in [-0.25, -0.2) is 9.97 Å². The standard InChI is InChI=1S/C18H27N5OS.HI/c1-12-13(2)24-16(22-12)11-21-18(19-3)20-10-6-9-17-23-14-7-4-5-8-15(14)25-17;/h4-11H2,1-3H3,(H2,19,20,21);1H. The van der Waals surface area contributed by atoms with E-state index in [1.54, 1.807) is 7.05 Å². The normalized spacial score (nSPS) is 13.9. The third-order valence-corrected chi connectivity index (χ3v) is 5.67. The van der Waals surface area contributed by atoms with Gasteiger partial charge in [-0.15, -0.1) is 35.3 Å². The maximum Gasteiger partial charge on any atom is 0.214 e. The van der Waals surface area contributed by atoms with Crippen molar-refractivity contribution < 1.29 is 4.42 Å². The first-order valence-corrected chi connectivity index (χ1v) is 9.82. The first-order valence-electron chi connectivity index (χ1n) is 9.00. The van der Waals surface area contributed by atoms with Gasteiger partial charge < -0.3 is 15.1 Å². The van der Waals surface area contributed by atoms with Gasteiger partial charge in [-0.05, 0) is 46.0 Å². The van der Waals surface area contributed by atoms with E-state index >= 15 is 0 Å². The van der Waals surface area contributed by atoms with Crippen LogP contribution >= 0.6 is 35.3 Å². The lowest BCUT2D eigenvalue weighted by molar-refractivity contribution is 0.463. The van der Waals surface area contributed by atoms with E-state index in [9.17, 15) is 0 Å². The highest BCUT2D eigenvalue weighted by atomic mass is 127. The summed E-state index contributed by atoms with van der Waals surface area (Å²) < 4.78 is 5.57. The molecule has 0 spiro atoms. The first-order chi connectivity index (χ1) is 12.2. The van der Waals surface area contributed by atoms with E-state index in [-0.39, 0.29) is 24.0 Å². The molecule has 1 aliphatic carbocycles. The number of aliphatic imine (C=N–C) groups is 1. The van der Waals surface area contributed by atoms with Gasteiger partial charge in [0.05, 0.1) is 22.9 Å². The number of aryl methyl sites for hydroxylation is 5. The lowest BCUT2D eigenvalue weighted by Crippen LogP contribution is -2.37. The molecule has 3 rings (SSSR count). The Morgan fingerprint density at radius 1 is 1.19 bits per heavy atom. The van der Waals surface area contributed by atoms with Gasteiger partial charge in [-0.2, -0.15) is 0 Å². The summed E-state index contributed by atoms with van der Waals surface area (Å²) in [5, 5.41) is 7.85. The van der Waals surface area contributed by atoms with Crippen molar-refractivity contribution in [2.24, 2.45) is 4.99 Å². The molecule has 144 valence electrons. The van der Waals surface area contributed by atoms with Crippen LogP contribution in [0.1, 0.15) is 52.2 Å². The Bertz CT molecular complexity index is 697. The van der Waals surface area contributed by atoms with Crippen LogP contribution in [-0.4, -0.2) is 29.5 Å². The second kappa shape index (κ2) is 10.2. The van der Waals surface area contributed by atoms with Crippen molar-refractivity contribution in [3.63, 3.8) is 0 Å². The number of thiazole rings is 1. The van der Waals surface area contributed by atoms with Crippen LogP contribution in [0.15, 0.2) is 9.41 Å². The third kappa shape index (κ3) is 5.67. The summed E-state index contributed by atoms with van der Waals surface area (Å²) >= 11 is 1.91. The Morgan fingerprint density at radius 3 is 2.69 bits per heavy atom. The van der Waals surface area contributed by atoms with Crippen LogP contribution in [0, 0.1) is 13.8 Å². The Balaban J connectivity index is 0.00000243. The molecule has 0 radical (unpaired) electrons. The summed E-state index contributed by atoms with van der Waals surface area (Å²) in [5.74, 6) is 2.32. The minimum atomic E-state index is 0. The Kier molecular flexibility index (Phi) is 8.33. The maximum absolute atomic E-state index is 5.57. The topological polar surface area (TPSA) is 75.3 Å². The van der Waals surface area contributed by atoms with Crippen molar-refractivity contribution in [3.8, 4) is 0 Å². The number of nitrogens with zero attached hydrogens (tertiary/aromatic N) is 3. The highest BCUT2D eigenvalue weighted by Crippen LogP contribution is 2.27. The van der Waals surface area contributed by atoms with Crippen LogP contribution < -0.4 is 10.6 Å². The van der Waals surface area contributed by atoms with E-state index in [2.05, 4.69) is 20.6 Å². The summed E-state index contributed by atoms with van der Waals surface area (Å²) in [6.07, 6.45) is 7.08. The van der Waals surface area contributed by atoms with Crippen molar-refractivity contribution in [1.29, 1.82) is 0 Å². The van der Waals surface area contributed by atoms with Crippen LogP contribution in [-0.2, 0) is 25.8 Å². The van der Waals surface area contributed by atoms with Crippen molar-refractivity contribution in [3.05, 3.63) is 32.9 Å². The van der Waals surface area contributed by atoms with Gasteiger partial charge in [0.25, 0.3) is 0 Å². The molecule has 0 atom stereocenters. The monoisotopic (exact) mass is 489 g/mol. The molecular weight excluding hydrogens is 461 g/mol. The molecule has 2 N–H and O–H groups in total. The molecule has 1 aliphatic rings. The van der Waals surface area contributed by atoms with E-state index in [0.29, 0.717) is 12.4 Å². The van der Waals surface area contributed by atoms with Crippen molar-refractivity contribution in [2.75, 3.05) is 13.6 Å². The second-order valence-electron chi connectivity index (χ2n) is 6.39. The molecule has 0 unspecified atom stereocenters. The number of nitrogens with one attached hydrogen (secondary N) is 2. The number of rotatable bonds is 6. The highest BCUT2D eigenvalue weighted by molar-refractivity contribution is 14.0. The summed E-state index contributed by atoms with van der Waals surface area (Å²) in [4.78, 5) is 14.9. The quantitative estimate of drug-likeness (QED) is 0.281. The van der Waals surface area contributed by atoms with E-state index < -0.39 is 0 Å². The fraction of sp³-hybridized carbons (Fsp3) is 0.611. The minimum absolute atomic E-state index is 0. The smallest absolute Gasteiger partial charge is 0.214 e. The second-order valence-corrected chi connectivity index (χ2v) is 7.56. The third-order valence-electron chi connectivity index (χ3n) is 4.45. The van der Waals surface area contributed by atoms with Gasteiger partial charge in [-0.3, -0.25) is 4.99 Å². The van der Waals surface area contributed by atoms with E-state index in [1.807, 2.05) is 25.2 Å².